The molecular formula is C7H9N2OS-. The van der Waals surface area contributed by atoms with Gasteiger partial charge < -0.3 is 14.3 Å². The zero-order valence-corrected chi connectivity index (χ0v) is 6.97. The largest absolute Gasteiger partial charge is 0.444 e. The third kappa shape index (κ3) is 2.59. The summed E-state index contributed by atoms with van der Waals surface area (Å²) in [4.78, 5) is 0. The average molecular weight is 169 g/mol. The Morgan fingerprint density at radius 1 is 1.36 bits per heavy atom. The minimum Gasteiger partial charge on any atom is -0.444 e. The van der Waals surface area contributed by atoms with E-state index < -0.39 is 10.6 Å². The van der Waals surface area contributed by atoms with Gasteiger partial charge in [-0.15, -0.1) is 6.26 Å². The van der Waals surface area contributed by atoms with Crippen LogP contribution in [0.25, 0.3) is 0 Å². The normalized spacial score (nSPS) is 13.2. The van der Waals surface area contributed by atoms with Crippen molar-refractivity contribution in [3.8, 4) is 0 Å². The van der Waals surface area contributed by atoms with E-state index in [9.17, 15) is 4.21 Å². The molecule has 0 heterocycles. The van der Waals surface area contributed by atoms with Crippen molar-refractivity contribution in [3.63, 3.8) is 0 Å². The fourth-order valence-electron chi connectivity index (χ4n) is 0.684. The molecule has 1 aromatic carbocycles. The quantitative estimate of drug-likeness (QED) is 0.513. The van der Waals surface area contributed by atoms with Crippen LogP contribution in [0.2, 0.25) is 0 Å². The number of nitrogens with two attached hydrogens (primary N) is 1. The molecule has 1 aromatic rings. The molecule has 0 fully saturated rings. The predicted octanol–water partition coefficient (Wildman–Crippen LogP) is 1.68. The molecule has 4 heteroatoms. The molecule has 0 bridgehead atoms. The van der Waals surface area contributed by atoms with Crippen LogP contribution in [0.15, 0.2) is 28.6 Å². The summed E-state index contributed by atoms with van der Waals surface area (Å²) >= 11 is 0. The maximum atomic E-state index is 10.6. The Kier molecular flexibility index (Phi) is 2.48. The molecule has 0 unspecified atom stereocenters. The van der Waals surface area contributed by atoms with Crippen LogP contribution in [-0.2, 0) is 14.8 Å². The summed E-state index contributed by atoms with van der Waals surface area (Å²) in [6.07, 6.45) is 1.52. The number of hydrogen-bond donors (Lipinski definition) is 1. The van der Waals surface area contributed by atoms with E-state index in [1.54, 1.807) is 24.3 Å². The van der Waals surface area contributed by atoms with Crippen LogP contribution in [0.3, 0.4) is 0 Å². The Morgan fingerprint density at radius 2 is 1.91 bits per heavy atom. The summed E-state index contributed by atoms with van der Waals surface area (Å²) < 4.78 is 14.4. The lowest BCUT2D eigenvalue weighted by molar-refractivity contribution is 0.603. The van der Waals surface area contributed by atoms with Crippen molar-refractivity contribution in [1.82, 2.24) is 0 Å². The van der Waals surface area contributed by atoms with Gasteiger partial charge in [0.2, 0.25) is 0 Å². The highest BCUT2D eigenvalue weighted by molar-refractivity contribution is 7.74. The second kappa shape index (κ2) is 3.39. The predicted molar refractivity (Wildman–Crippen MR) is 46.9 cm³/mol. The molecule has 0 saturated heterocycles. The second-order valence-electron chi connectivity index (χ2n) is 2.11. The molecule has 0 amide bonds. The van der Waals surface area contributed by atoms with Crippen molar-refractivity contribution >= 4 is 22.0 Å². The highest BCUT2D eigenvalue weighted by Gasteiger charge is 1.83. The van der Waals surface area contributed by atoms with Gasteiger partial charge in [-0.05, 0) is 24.3 Å². The molecule has 0 aromatic heterocycles. The van der Waals surface area contributed by atoms with Crippen molar-refractivity contribution in [3.05, 3.63) is 24.3 Å². The van der Waals surface area contributed by atoms with E-state index in [2.05, 4.69) is 4.36 Å². The fourth-order valence-corrected chi connectivity index (χ4v) is 1.10. The molecule has 0 aliphatic heterocycles. The van der Waals surface area contributed by atoms with Crippen LogP contribution in [0.4, 0.5) is 11.4 Å². The van der Waals surface area contributed by atoms with E-state index >= 15 is 0 Å². The highest BCUT2D eigenvalue weighted by Crippen LogP contribution is 2.13. The lowest BCUT2D eigenvalue weighted by Gasteiger charge is -1.97. The van der Waals surface area contributed by atoms with E-state index in [0.29, 0.717) is 11.4 Å². The van der Waals surface area contributed by atoms with Crippen LogP contribution in [-0.4, -0.2) is 6.26 Å². The summed E-state index contributed by atoms with van der Waals surface area (Å²) in [5, 5.41) is 0. The molecule has 11 heavy (non-hydrogen) atoms. The fraction of sp³-hybridized carbons (Fsp3) is 0.143. The number of nitrogens with zero attached hydrogens (tertiary/aromatic N) is 1. The average Bonchev–Trinajstić information content (AvgIpc) is 1.93. The highest BCUT2D eigenvalue weighted by atomic mass is 32.2. The number of hydrogen-bond acceptors (Lipinski definition) is 4. The molecule has 3 nitrogen and oxygen atoms in total. The van der Waals surface area contributed by atoms with E-state index in [1.165, 1.54) is 6.26 Å². The Hall–Kier alpha value is -1.03. The first-order valence-corrected chi connectivity index (χ1v) is 4.61. The van der Waals surface area contributed by atoms with Crippen molar-refractivity contribution in [2.75, 3.05) is 12.0 Å². The first-order valence-electron chi connectivity index (χ1n) is 3.09. The molecule has 0 atom stereocenters. The van der Waals surface area contributed by atoms with E-state index in [1.807, 2.05) is 0 Å². The molecule has 0 aliphatic carbocycles. The van der Waals surface area contributed by atoms with Gasteiger partial charge in [0.15, 0.2) is 0 Å². The van der Waals surface area contributed by atoms with Gasteiger partial charge in [0.25, 0.3) is 0 Å². The first kappa shape index (κ1) is 8.07. The molecule has 0 radical (unpaired) electrons. The van der Waals surface area contributed by atoms with Gasteiger partial charge in [-0.2, -0.15) is 10.6 Å². The summed E-state index contributed by atoms with van der Waals surface area (Å²) in [6.45, 7) is 0. The van der Waals surface area contributed by atoms with E-state index in [4.69, 9.17) is 5.73 Å². The molecule has 1 rings (SSSR count). The Morgan fingerprint density at radius 3 is 2.36 bits per heavy atom. The van der Waals surface area contributed by atoms with Gasteiger partial charge in [0, 0.05) is 11.4 Å². The first-order chi connectivity index (χ1) is 5.18. The van der Waals surface area contributed by atoms with Crippen LogP contribution in [0.1, 0.15) is 0 Å². The zero-order chi connectivity index (χ0) is 8.27. The monoisotopic (exact) mass is 169 g/mol. The van der Waals surface area contributed by atoms with E-state index in [0.717, 1.165) is 0 Å². The number of rotatable bonds is 1. The minimum atomic E-state index is -1.14. The van der Waals surface area contributed by atoms with Gasteiger partial charge in [-0.1, -0.05) is 0 Å². The molecule has 0 aliphatic rings. The number of anilines is 1. The van der Waals surface area contributed by atoms with Crippen LogP contribution >= 0.6 is 0 Å². The SMILES string of the molecule is C[S-](=O)=Nc1ccc(N)cc1. The Balaban J connectivity index is 3.00. The van der Waals surface area contributed by atoms with Crippen molar-refractivity contribution in [2.24, 2.45) is 4.36 Å². The molecule has 0 saturated carbocycles. The standard InChI is InChI=1S/C7H9N2OS/c1-11(10)9-7-4-2-6(8)3-5-7/h2-5H,8H2,1H3/q-1. The Labute approximate surface area is 67.4 Å². The van der Waals surface area contributed by atoms with Crippen LogP contribution in [0.5, 0.6) is 0 Å². The van der Waals surface area contributed by atoms with Crippen molar-refractivity contribution < 1.29 is 4.21 Å². The Bertz CT molecular complexity index is 312. The molecule has 2 N–H and O–H groups in total. The van der Waals surface area contributed by atoms with Crippen LogP contribution < -0.4 is 5.73 Å². The van der Waals surface area contributed by atoms with Crippen molar-refractivity contribution in [1.29, 1.82) is 0 Å². The van der Waals surface area contributed by atoms with Gasteiger partial charge in [0.05, 0.1) is 0 Å². The maximum absolute atomic E-state index is 10.6. The minimum absolute atomic E-state index is 0.686. The summed E-state index contributed by atoms with van der Waals surface area (Å²) in [5.41, 5.74) is 6.82. The number of nitrogen functional groups attached to an aromatic ring is 1. The molecule has 0 spiro atoms. The second-order valence-corrected chi connectivity index (χ2v) is 3.14. The van der Waals surface area contributed by atoms with Gasteiger partial charge >= 0.3 is 0 Å². The topological polar surface area (TPSA) is 55.5 Å². The van der Waals surface area contributed by atoms with Gasteiger partial charge in [-0.3, -0.25) is 0 Å². The summed E-state index contributed by atoms with van der Waals surface area (Å²) in [7, 11) is -1.14. The maximum Gasteiger partial charge on any atom is 0.0367 e. The smallest absolute Gasteiger partial charge is 0.0367 e. The zero-order valence-electron chi connectivity index (χ0n) is 6.15. The van der Waals surface area contributed by atoms with Crippen molar-refractivity contribution in [2.45, 2.75) is 0 Å². The van der Waals surface area contributed by atoms with Crippen LogP contribution in [0, 0.1) is 0 Å². The lowest BCUT2D eigenvalue weighted by Crippen LogP contribution is -1.80. The summed E-state index contributed by atoms with van der Waals surface area (Å²) in [5.74, 6) is 0. The van der Waals surface area contributed by atoms with Gasteiger partial charge in [-0.25, -0.2) is 0 Å². The van der Waals surface area contributed by atoms with E-state index in [-0.39, 0.29) is 0 Å². The third-order valence-corrected chi connectivity index (χ3v) is 1.59. The molecular weight excluding hydrogens is 160 g/mol. The van der Waals surface area contributed by atoms with Gasteiger partial charge in [0.1, 0.15) is 0 Å². The molecule has 60 valence electrons. The third-order valence-electron chi connectivity index (χ3n) is 1.13. The number of benzene rings is 1. The lowest BCUT2D eigenvalue weighted by atomic mass is 10.3. The summed E-state index contributed by atoms with van der Waals surface area (Å²) in [6, 6.07) is 6.92.